The zero-order valence-electron chi connectivity index (χ0n) is 18.3. The molecular weight excluding hydrogens is 515 g/mol. The SMILES string of the molecule is CCc1cnc(N(CCc2ccc(OCC(=O)O)c(Br)c2)Cc2ccc(C(F)(F)F)cc2)nc1. The highest BCUT2D eigenvalue weighted by atomic mass is 79.9. The summed E-state index contributed by atoms with van der Waals surface area (Å²) in [6, 6.07) is 10.4. The van der Waals surface area contributed by atoms with Crippen molar-refractivity contribution in [1.29, 1.82) is 0 Å². The van der Waals surface area contributed by atoms with Gasteiger partial charge in [-0.25, -0.2) is 14.8 Å². The van der Waals surface area contributed by atoms with Gasteiger partial charge in [-0.3, -0.25) is 0 Å². The minimum Gasteiger partial charge on any atom is -0.481 e. The number of rotatable bonds is 10. The Morgan fingerprint density at radius 1 is 1.06 bits per heavy atom. The number of aliphatic carboxylic acids is 1. The fraction of sp³-hybridized carbons (Fsp3) is 0.292. The van der Waals surface area contributed by atoms with Crippen LogP contribution in [0, 0.1) is 0 Å². The fourth-order valence-corrected chi connectivity index (χ4v) is 3.72. The quantitative estimate of drug-likeness (QED) is 0.366. The Kier molecular flexibility index (Phi) is 8.49. The maximum atomic E-state index is 12.9. The highest BCUT2D eigenvalue weighted by molar-refractivity contribution is 9.10. The average molecular weight is 538 g/mol. The highest BCUT2D eigenvalue weighted by Gasteiger charge is 2.30. The van der Waals surface area contributed by atoms with E-state index in [-0.39, 0.29) is 0 Å². The Morgan fingerprint density at radius 2 is 1.71 bits per heavy atom. The Bertz CT molecular complexity index is 1110. The summed E-state index contributed by atoms with van der Waals surface area (Å²) in [6.07, 6.45) is 0.492. The maximum Gasteiger partial charge on any atom is 0.416 e. The van der Waals surface area contributed by atoms with Gasteiger partial charge in [-0.2, -0.15) is 13.2 Å². The van der Waals surface area contributed by atoms with Gasteiger partial charge in [0.25, 0.3) is 0 Å². The van der Waals surface area contributed by atoms with E-state index in [0.717, 1.165) is 29.7 Å². The van der Waals surface area contributed by atoms with Crippen molar-refractivity contribution < 1.29 is 27.8 Å². The summed E-state index contributed by atoms with van der Waals surface area (Å²) >= 11 is 3.39. The molecule has 10 heteroatoms. The first-order valence-electron chi connectivity index (χ1n) is 10.5. The summed E-state index contributed by atoms with van der Waals surface area (Å²) in [5.41, 5.74) is 1.95. The van der Waals surface area contributed by atoms with E-state index in [1.807, 2.05) is 24.0 Å². The van der Waals surface area contributed by atoms with Crippen LogP contribution in [0.5, 0.6) is 5.75 Å². The third-order valence-corrected chi connectivity index (χ3v) is 5.68. The predicted molar refractivity (Wildman–Crippen MR) is 125 cm³/mol. The van der Waals surface area contributed by atoms with Crippen LogP contribution < -0.4 is 9.64 Å². The summed E-state index contributed by atoms with van der Waals surface area (Å²) in [7, 11) is 0. The number of carbonyl (C=O) groups is 1. The van der Waals surface area contributed by atoms with Crippen molar-refractivity contribution in [3.63, 3.8) is 0 Å². The molecule has 34 heavy (non-hydrogen) atoms. The van der Waals surface area contributed by atoms with Crippen LogP contribution in [0.25, 0.3) is 0 Å². The standard InChI is InChI=1S/C24H23BrF3N3O3/c1-2-16-12-29-23(30-13-16)31(14-18-3-6-19(7-4-18)24(26,27)28)10-9-17-5-8-21(20(25)11-17)34-15-22(32)33/h3-8,11-13H,2,9-10,14-15H2,1H3,(H,32,33). The molecule has 1 aromatic heterocycles. The van der Waals surface area contributed by atoms with E-state index in [1.54, 1.807) is 18.5 Å². The van der Waals surface area contributed by atoms with Crippen LogP contribution in [-0.4, -0.2) is 34.2 Å². The molecule has 180 valence electrons. The molecule has 6 nitrogen and oxygen atoms in total. The number of benzene rings is 2. The van der Waals surface area contributed by atoms with Gasteiger partial charge in [0, 0.05) is 25.5 Å². The molecule has 0 fully saturated rings. The van der Waals surface area contributed by atoms with Gasteiger partial charge < -0.3 is 14.7 Å². The second-order valence-electron chi connectivity index (χ2n) is 7.56. The van der Waals surface area contributed by atoms with Crippen molar-refractivity contribution in [2.45, 2.75) is 32.5 Å². The van der Waals surface area contributed by atoms with Crippen LogP contribution in [0.15, 0.2) is 59.3 Å². The molecule has 0 amide bonds. The minimum absolute atomic E-state index is 0.338. The normalized spacial score (nSPS) is 11.3. The van der Waals surface area contributed by atoms with E-state index in [9.17, 15) is 18.0 Å². The first kappa shape index (κ1) is 25.5. The van der Waals surface area contributed by atoms with E-state index >= 15 is 0 Å². The Balaban J connectivity index is 1.76. The summed E-state index contributed by atoms with van der Waals surface area (Å²) in [6.45, 7) is 2.41. The molecule has 1 N–H and O–H groups in total. The average Bonchev–Trinajstić information content (AvgIpc) is 2.81. The molecule has 0 aliphatic rings. The van der Waals surface area contributed by atoms with Crippen LogP contribution >= 0.6 is 15.9 Å². The molecular formula is C24H23BrF3N3O3. The molecule has 3 rings (SSSR count). The summed E-state index contributed by atoms with van der Waals surface area (Å²) in [4.78, 5) is 21.5. The van der Waals surface area contributed by atoms with Crippen molar-refractivity contribution in [2.24, 2.45) is 0 Å². The minimum atomic E-state index is -4.38. The van der Waals surface area contributed by atoms with Crippen LogP contribution in [0.1, 0.15) is 29.2 Å². The van der Waals surface area contributed by atoms with E-state index in [1.165, 1.54) is 12.1 Å². The number of alkyl halides is 3. The third-order valence-electron chi connectivity index (χ3n) is 5.06. The largest absolute Gasteiger partial charge is 0.481 e. The fourth-order valence-electron chi connectivity index (χ4n) is 3.18. The lowest BCUT2D eigenvalue weighted by atomic mass is 10.1. The molecule has 0 spiro atoms. The number of aromatic nitrogens is 2. The van der Waals surface area contributed by atoms with Gasteiger partial charge in [0.1, 0.15) is 5.75 Å². The number of aryl methyl sites for hydroxylation is 1. The van der Waals surface area contributed by atoms with E-state index in [2.05, 4.69) is 25.9 Å². The molecule has 0 aliphatic carbocycles. The number of carboxylic acids is 1. The smallest absolute Gasteiger partial charge is 0.416 e. The van der Waals surface area contributed by atoms with Gasteiger partial charge in [0.2, 0.25) is 5.95 Å². The molecule has 0 bridgehead atoms. The number of halogens is 4. The van der Waals surface area contributed by atoms with E-state index in [0.29, 0.717) is 41.2 Å². The molecule has 0 unspecified atom stereocenters. The van der Waals surface area contributed by atoms with Gasteiger partial charge in [0.15, 0.2) is 6.61 Å². The zero-order valence-corrected chi connectivity index (χ0v) is 19.9. The Labute approximate surface area is 203 Å². The van der Waals surface area contributed by atoms with E-state index < -0.39 is 24.3 Å². The van der Waals surface area contributed by atoms with Crippen molar-refractivity contribution in [3.05, 3.63) is 81.6 Å². The second-order valence-corrected chi connectivity index (χ2v) is 8.41. The molecule has 1 heterocycles. The zero-order chi connectivity index (χ0) is 24.7. The molecule has 3 aromatic rings. The van der Waals surface area contributed by atoms with E-state index in [4.69, 9.17) is 9.84 Å². The molecule has 0 aliphatic heterocycles. The number of ether oxygens (including phenoxy) is 1. The highest BCUT2D eigenvalue weighted by Crippen LogP contribution is 2.30. The molecule has 2 aromatic carbocycles. The summed E-state index contributed by atoms with van der Waals surface area (Å²) in [5, 5.41) is 8.77. The first-order chi connectivity index (χ1) is 16.2. The lowest BCUT2D eigenvalue weighted by Gasteiger charge is -2.23. The van der Waals surface area contributed by atoms with Gasteiger partial charge in [-0.1, -0.05) is 25.1 Å². The van der Waals surface area contributed by atoms with Crippen molar-refractivity contribution in [3.8, 4) is 5.75 Å². The van der Waals surface area contributed by atoms with Gasteiger partial charge in [-0.15, -0.1) is 0 Å². The number of nitrogens with zero attached hydrogens (tertiary/aromatic N) is 3. The first-order valence-corrected chi connectivity index (χ1v) is 11.3. The number of hydrogen-bond acceptors (Lipinski definition) is 5. The van der Waals surface area contributed by atoms with Gasteiger partial charge >= 0.3 is 12.1 Å². The molecule has 0 atom stereocenters. The summed E-state index contributed by atoms with van der Waals surface area (Å²) < 4.78 is 44.6. The Hall–Kier alpha value is -3.14. The molecule has 0 saturated carbocycles. The number of hydrogen-bond donors (Lipinski definition) is 1. The van der Waals surface area contributed by atoms with Gasteiger partial charge in [-0.05, 0) is 69.7 Å². The second kappa shape index (κ2) is 11.3. The maximum absolute atomic E-state index is 12.9. The van der Waals surface area contributed by atoms with Crippen LogP contribution in [0.2, 0.25) is 0 Å². The lowest BCUT2D eigenvalue weighted by Crippen LogP contribution is -2.27. The van der Waals surface area contributed by atoms with Crippen molar-refractivity contribution >= 4 is 27.8 Å². The topological polar surface area (TPSA) is 75.6 Å². The summed E-state index contributed by atoms with van der Waals surface area (Å²) in [5.74, 6) is -0.159. The third kappa shape index (κ3) is 7.18. The van der Waals surface area contributed by atoms with Crippen molar-refractivity contribution in [2.75, 3.05) is 18.1 Å². The number of anilines is 1. The lowest BCUT2D eigenvalue weighted by molar-refractivity contribution is -0.139. The monoisotopic (exact) mass is 537 g/mol. The van der Waals surface area contributed by atoms with Gasteiger partial charge in [0.05, 0.1) is 10.0 Å². The molecule has 0 radical (unpaired) electrons. The van der Waals surface area contributed by atoms with Crippen LogP contribution in [0.4, 0.5) is 19.1 Å². The predicted octanol–water partition coefficient (Wildman–Crippen LogP) is 5.53. The van der Waals surface area contributed by atoms with Crippen LogP contribution in [-0.2, 0) is 30.4 Å². The van der Waals surface area contributed by atoms with Crippen LogP contribution in [0.3, 0.4) is 0 Å². The Morgan fingerprint density at radius 3 is 2.26 bits per heavy atom. The molecule has 0 saturated heterocycles. The number of carboxylic acid groups (broad SMARTS) is 1. The van der Waals surface area contributed by atoms with Crippen molar-refractivity contribution in [1.82, 2.24) is 9.97 Å².